The van der Waals surface area contributed by atoms with Crippen molar-refractivity contribution in [2.45, 2.75) is 51.9 Å². The molecular formula is C15H23NO. The Morgan fingerprint density at radius 3 is 2.24 bits per heavy atom. The first kappa shape index (κ1) is 12.6. The molecule has 0 atom stereocenters. The van der Waals surface area contributed by atoms with Crippen LogP contribution in [0.25, 0.3) is 0 Å². The second-order valence-corrected chi connectivity index (χ2v) is 5.21. The van der Waals surface area contributed by atoms with Crippen molar-refractivity contribution >= 4 is 0 Å². The van der Waals surface area contributed by atoms with E-state index in [0.717, 1.165) is 12.5 Å². The maximum Gasteiger partial charge on any atom is 0.0720 e. The van der Waals surface area contributed by atoms with Gasteiger partial charge in [0.15, 0.2) is 0 Å². The second kappa shape index (κ2) is 6.18. The second-order valence-electron chi connectivity index (χ2n) is 5.21. The Morgan fingerprint density at radius 1 is 1.06 bits per heavy atom. The van der Waals surface area contributed by atoms with E-state index in [1.54, 1.807) is 0 Å². The molecule has 0 bridgehead atoms. The molecule has 0 heterocycles. The SMILES string of the molecule is C[C@H]1CC[C@H](OCc2ccc(CN)cc2)CC1. The topological polar surface area (TPSA) is 35.2 Å². The fourth-order valence-corrected chi connectivity index (χ4v) is 2.38. The van der Waals surface area contributed by atoms with Crippen LogP contribution in [0.1, 0.15) is 43.7 Å². The average Bonchev–Trinajstić information content (AvgIpc) is 2.39. The first-order valence-corrected chi connectivity index (χ1v) is 6.67. The molecule has 2 nitrogen and oxygen atoms in total. The van der Waals surface area contributed by atoms with E-state index < -0.39 is 0 Å². The van der Waals surface area contributed by atoms with Gasteiger partial charge in [0.2, 0.25) is 0 Å². The summed E-state index contributed by atoms with van der Waals surface area (Å²) < 4.78 is 5.96. The Balaban J connectivity index is 1.77. The van der Waals surface area contributed by atoms with Gasteiger partial charge >= 0.3 is 0 Å². The molecule has 1 aliphatic rings. The Hall–Kier alpha value is -0.860. The van der Waals surface area contributed by atoms with E-state index >= 15 is 0 Å². The van der Waals surface area contributed by atoms with E-state index in [1.165, 1.54) is 36.8 Å². The van der Waals surface area contributed by atoms with E-state index in [1.807, 2.05) is 0 Å². The lowest BCUT2D eigenvalue weighted by molar-refractivity contribution is 0.00877. The van der Waals surface area contributed by atoms with Crippen molar-refractivity contribution in [3.8, 4) is 0 Å². The zero-order valence-corrected chi connectivity index (χ0v) is 10.7. The van der Waals surface area contributed by atoms with Gasteiger partial charge in [0.1, 0.15) is 0 Å². The summed E-state index contributed by atoms with van der Waals surface area (Å²) in [5, 5.41) is 0. The maximum absolute atomic E-state index is 5.96. The van der Waals surface area contributed by atoms with E-state index in [0.29, 0.717) is 12.6 Å². The van der Waals surface area contributed by atoms with Crippen LogP contribution in [0.3, 0.4) is 0 Å². The van der Waals surface area contributed by atoms with Crippen molar-refractivity contribution in [2.75, 3.05) is 0 Å². The molecule has 2 heteroatoms. The van der Waals surface area contributed by atoms with Gasteiger partial charge in [-0.15, -0.1) is 0 Å². The fourth-order valence-electron chi connectivity index (χ4n) is 2.38. The van der Waals surface area contributed by atoms with Crippen LogP contribution in [-0.2, 0) is 17.9 Å². The van der Waals surface area contributed by atoms with Crippen LogP contribution in [0.4, 0.5) is 0 Å². The first-order chi connectivity index (χ1) is 8.28. The Labute approximate surface area is 104 Å². The van der Waals surface area contributed by atoms with Crippen molar-refractivity contribution in [3.63, 3.8) is 0 Å². The number of rotatable bonds is 4. The molecular weight excluding hydrogens is 210 g/mol. The summed E-state index contributed by atoms with van der Waals surface area (Å²) in [5.41, 5.74) is 8.00. The molecule has 0 amide bonds. The molecule has 1 saturated carbocycles. The highest BCUT2D eigenvalue weighted by molar-refractivity contribution is 5.21. The molecule has 1 aromatic carbocycles. The molecule has 0 saturated heterocycles. The molecule has 0 radical (unpaired) electrons. The largest absolute Gasteiger partial charge is 0.374 e. The number of nitrogens with two attached hydrogens (primary N) is 1. The van der Waals surface area contributed by atoms with Crippen LogP contribution in [0.15, 0.2) is 24.3 Å². The van der Waals surface area contributed by atoms with Crippen molar-refractivity contribution in [1.82, 2.24) is 0 Å². The lowest BCUT2D eigenvalue weighted by Gasteiger charge is -2.26. The Bertz CT molecular complexity index is 325. The predicted molar refractivity (Wildman–Crippen MR) is 70.5 cm³/mol. The summed E-state index contributed by atoms with van der Waals surface area (Å²) in [5.74, 6) is 0.888. The molecule has 2 rings (SSSR count). The highest BCUT2D eigenvalue weighted by atomic mass is 16.5. The number of hydrogen-bond donors (Lipinski definition) is 1. The third kappa shape index (κ3) is 3.83. The monoisotopic (exact) mass is 233 g/mol. The summed E-state index contributed by atoms with van der Waals surface area (Å²) in [6, 6.07) is 8.41. The average molecular weight is 233 g/mol. The van der Waals surface area contributed by atoms with Crippen molar-refractivity contribution in [3.05, 3.63) is 35.4 Å². The molecule has 1 aliphatic carbocycles. The van der Waals surface area contributed by atoms with Gasteiger partial charge in [0, 0.05) is 6.54 Å². The summed E-state index contributed by atoms with van der Waals surface area (Å²) in [4.78, 5) is 0. The maximum atomic E-state index is 5.96. The van der Waals surface area contributed by atoms with Crippen LogP contribution in [0, 0.1) is 5.92 Å². The lowest BCUT2D eigenvalue weighted by Crippen LogP contribution is -2.20. The molecule has 94 valence electrons. The van der Waals surface area contributed by atoms with Gasteiger partial charge in [-0.3, -0.25) is 0 Å². The highest BCUT2D eigenvalue weighted by Crippen LogP contribution is 2.26. The van der Waals surface area contributed by atoms with E-state index in [-0.39, 0.29) is 0 Å². The van der Waals surface area contributed by atoms with Gasteiger partial charge < -0.3 is 10.5 Å². The van der Waals surface area contributed by atoms with Gasteiger partial charge in [-0.2, -0.15) is 0 Å². The van der Waals surface area contributed by atoms with Crippen LogP contribution < -0.4 is 5.73 Å². The van der Waals surface area contributed by atoms with E-state index in [2.05, 4.69) is 31.2 Å². The lowest BCUT2D eigenvalue weighted by atomic mass is 9.89. The molecule has 1 aromatic rings. The number of ether oxygens (including phenoxy) is 1. The molecule has 1 fully saturated rings. The Kier molecular flexibility index (Phi) is 4.57. The number of hydrogen-bond acceptors (Lipinski definition) is 2. The minimum absolute atomic E-state index is 0.473. The predicted octanol–water partition coefficient (Wildman–Crippen LogP) is 3.24. The molecule has 0 aromatic heterocycles. The highest BCUT2D eigenvalue weighted by Gasteiger charge is 2.18. The van der Waals surface area contributed by atoms with E-state index in [9.17, 15) is 0 Å². The van der Waals surface area contributed by atoms with E-state index in [4.69, 9.17) is 10.5 Å². The summed E-state index contributed by atoms with van der Waals surface area (Å²) in [7, 11) is 0. The van der Waals surface area contributed by atoms with Gasteiger partial charge in [0.05, 0.1) is 12.7 Å². The van der Waals surface area contributed by atoms with Gasteiger partial charge in [-0.1, -0.05) is 31.2 Å². The normalized spacial score (nSPS) is 24.8. The fraction of sp³-hybridized carbons (Fsp3) is 0.600. The van der Waals surface area contributed by atoms with Crippen LogP contribution in [-0.4, -0.2) is 6.10 Å². The summed E-state index contributed by atoms with van der Waals surface area (Å²) >= 11 is 0. The van der Waals surface area contributed by atoms with Gasteiger partial charge in [0.25, 0.3) is 0 Å². The van der Waals surface area contributed by atoms with Crippen LogP contribution in [0.2, 0.25) is 0 Å². The minimum atomic E-state index is 0.473. The molecule has 2 N–H and O–H groups in total. The smallest absolute Gasteiger partial charge is 0.0720 e. The molecule has 0 spiro atoms. The third-order valence-corrected chi connectivity index (χ3v) is 3.71. The first-order valence-electron chi connectivity index (χ1n) is 6.67. The van der Waals surface area contributed by atoms with Crippen molar-refractivity contribution in [1.29, 1.82) is 0 Å². The van der Waals surface area contributed by atoms with Gasteiger partial charge in [-0.25, -0.2) is 0 Å². The standard InChI is InChI=1S/C15H23NO/c1-12-2-8-15(9-3-12)17-11-14-6-4-13(10-16)5-7-14/h4-7,12,15H,2-3,8-11,16H2,1H3/t12-,15-. The quantitative estimate of drug-likeness (QED) is 0.866. The third-order valence-electron chi connectivity index (χ3n) is 3.71. The summed E-state index contributed by atoms with van der Waals surface area (Å²) in [6.07, 6.45) is 5.55. The zero-order valence-electron chi connectivity index (χ0n) is 10.7. The zero-order chi connectivity index (χ0) is 12.1. The molecule has 0 aliphatic heterocycles. The van der Waals surface area contributed by atoms with Crippen molar-refractivity contribution < 1.29 is 4.74 Å². The minimum Gasteiger partial charge on any atom is -0.374 e. The van der Waals surface area contributed by atoms with Crippen LogP contribution in [0.5, 0.6) is 0 Å². The van der Waals surface area contributed by atoms with Crippen LogP contribution >= 0.6 is 0 Å². The summed E-state index contributed by atoms with van der Waals surface area (Å²) in [6.45, 7) is 3.69. The van der Waals surface area contributed by atoms with Crippen molar-refractivity contribution in [2.24, 2.45) is 11.7 Å². The number of benzene rings is 1. The molecule has 0 unspecified atom stereocenters. The molecule has 17 heavy (non-hydrogen) atoms. The van der Waals surface area contributed by atoms with Gasteiger partial charge in [-0.05, 0) is 42.7 Å². The Morgan fingerprint density at radius 2 is 1.65 bits per heavy atom.